The summed E-state index contributed by atoms with van der Waals surface area (Å²) in [7, 11) is 0. The molecule has 0 aliphatic rings. The summed E-state index contributed by atoms with van der Waals surface area (Å²) in [5.74, 6) is 0.525. The lowest BCUT2D eigenvalue weighted by atomic mass is 10.0. The van der Waals surface area contributed by atoms with Crippen LogP contribution >= 0.6 is 0 Å². The summed E-state index contributed by atoms with van der Waals surface area (Å²) in [6.07, 6.45) is 4.16. The number of amides is 1. The van der Waals surface area contributed by atoms with Crippen LogP contribution in [0.1, 0.15) is 28.0 Å². The Labute approximate surface area is 146 Å². The van der Waals surface area contributed by atoms with Crippen molar-refractivity contribution in [2.45, 2.75) is 20.3 Å². The molecule has 3 aromatic rings. The molecule has 0 saturated heterocycles. The number of rotatable bonds is 6. The molecule has 6 nitrogen and oxygen atoms in total. The number of nitrogens with zero attached hydrogens (tertiary/aromatic N) is 3. The first kappa shape index (κ1) is 16.8. The third kappa shape index (κ3) is 4.29. The van der Waals surface area contributed by atoms with E-state index in [9.17, 15) is 4.79 Å². The molecule has 0 saturated carbocycles. The van der Waals surface area contributed by atoms with Crippen LogP contribution in [0, 0.1) is 13.8 Å². The fourth-order valence-corrected chi connectivity index (χ4v) is 2.64. The second-order valence-electron chi connectivity index (χ2n) is 5.94. The van der Waals surface area contributed by atoms with Crippen molar-refractivity contribution in [3.8, 4) is 0 Å². The van der Waals surface area contributed by atoms with E-state index in [4.69, 9.17) is 0 Å². The third-order valence-electron chi connectivity index (χ3n) is 3.82. The average molecular weight is 335 g/mol. The summed E-state index contributed by atoms with van der Waals surface area (Å²) in [6.45, 7) is 5.19. The van der Waals surface area contributed by atoms with Gasteiger partial charge in [-0.3, -0.25) is 9.78 Å². The summed E-state index contributed by atoms with van der Waals surface area (Å²) >= 11 is 0. The Morgan fingerprint density at radius 1 is 1.08 bits per heavy atom. The molecule has 1 aromatic carbocycles. The van der Waals surface area contributed by atoms with Crippen LogP contribution in [-0.2, 0) is 0 Å². The van der Waals surface area contributed by atoms with Gasteiger partial charge in [-0.15, -0.1) is 0 Å². The second kappa shape index (κ2) is 7.70. The van der Waals surface area contributed by atoms with E-state index in [1.165, 1.54) is 0 Å². The molecule has 1 amide bonds. The van der Waals surface area contributed by atoms with Crippen LogP contribution in [0.2, 0.25) is 0 Å². The molecule has 0 bridgehead atoms. The minimum Gasteiger partial charge on any atom is -0.354 e. The van der Waals surface area contributed by atoms with Crippen LogP contribution in [0.4, 0.5) is 5.95 Å². The Kier molecular flexibility index (Phi) is 5.18. The zero-order chi connectivity index (χ0) is 17.6. The summed E-state index contributed by atoms with van der Waals surface area (Å²) in [5, 5.41) is 6.99. The van der Waals surface area contributed by atoms with Crippen molar-refractivity contribution in [1.82, 2.24) is 20.3 Å². The Morgan fingerprint density at radius 3 is 2.68 bits per heavy atom. The largest absolute Gasteiger partial charge is 0.354 e. The van der Waals surface area contributed by atoms with Crippen molar-refractivity contribution in [3.63, 3.8) is 0 Å². The molecule has 2 heterocycles. The topological polar surface area (TPSA) is 79.8 Å². The molecular formula is C19H21N5O. The van der Waals surface area contributed by atoms with Gasteiger partial charge in [0, 0.05) is 36.6 Å². The molecule has 2 aromatic heterocycles. The van der Waals surface area contributed by atoms with Gasteiger partial charge in [0.1, 0.15) is 0 Å². The Hall–Kier alpha value is -3.02. The molecule has 0 atom stereocenters. The summed E-state index contributed by atoms with van der Waals surface area (Å²) in [4.78, 5) is 25.3. The standard InChI is InChI=1S/C19H21N5O/c1-13-5-6-17-15(11-13)16(12-14(2)24-17)18(25)20-7-3-8-21-19-22-9-4-10-23-19/h4-6,9-12H,3,7-8H2,1-2H3,(H,20,25)(H,21,22,23). The summed E-state index contributed by atoms with van der Waals surface area (Å²) < 4.78 is 0. The first-order valence-electron chi connectivity index (χ1n) is 8.30. The van der Waals surface area contributed by atoms with E-state index in [1.54, 1.807) is 18.5 Å². The van der Waals surface area contributed by atoms with Crippen LogP contribution in [0.3, 0.4) is 0 Å². The molecule has 0 unspecified atom stereocenters. The number of hydrogen-bond donors (Lipinski definition) is 2. The molecular weight excluding hydrogens is 314 g/mol. The molecule has 0 radical (unpaired) electrons. The van der Waals surface area contributed by atoms with Gasteiger partial charge in [0.05, 0.1) is 11.1 Å². The van der Waals surface area contributed by atoms with E-state index in [1.807, 2.05) is 38.1 Å². The van der Waals surface area contributed by atoms with Crippen LogP contribution < -0.4 is 10.6 Å². The highest BCUT2D eigenvalue weighted by atomic mass is 16.1. The maximum absolute atomic E-state index is 12.6. The number of aromatic nitrogens is 3. The van der Waals surface area contributed by atoms with Gasteiger partial charge >= 0.3 is 0 Å². The number of carbonyl (C=O) groups excluding carboxylic acids is 1. The van der Waals surface area contributed by atoms with Crippen molar-refractivity contribution < 1.29 is 4.79 Å². The fourth-order valence-electron chi connectivity index (χ4n) is 2.64. The molecule has 6 heteroatoms. The minimum absolute atomic E-state index is 0.0722. The van der Waals surface area contributed by atoms with E-state index in [2.05, 4.69) is 25.6 Å². The van der Waals surface area contributed by atoms with Crippen molar-refractivity contribution in [2.75, 3.05) is 18.4 Å². The number of benzene rings is 1. The Morgan fingerprint density at radius 2 is 1.88 bits per heavy atom. The van der Waals surface area contributed by atoms with Crippen molar-refractivity contribution in [3.05, 3.63) is 59.5 Å². The summed E-state index contributed by atoms with van der Waals surface area (Å²) in [5.41, 5.74) is 3.47. The van der Waals surface area contributed by atoms with Gasteiger partial charge in [-0.05, 0) is 44.5 Å². The van der Waals surface area contributed by atoms with Crippen LogP contribution in [0.5, 0.6) is 0 Å². The highest BCUT2D eigenvalue weighted by Gasteiger charge is 2.11. The minimum atomic E-state index is -0.0722. The van der Waals surface area contributed by atoms with Gasteiger partial charge in [-0.2, -0.15) is 0 Å². The van der Waals surface area contributed by atoms with Crippen LogP contribution in [0.25, 0.3) is 10.9 Å². The number of hydrogen-bond acceptors (Lipinski definition) is 5. The quantitative estimate of drug-likeness (QED) is 0.677. The first-order valence-corrected chi connectivity index (χ1v) is 8.30. The number of pyridine rings is 1. The zero-order valence-corrected chi connectivity index (χ0v) is 14.4. The van der Waals surface area contributed by atoms with Crippen molar-refractivity contribution in [2.24, 2.45) is 0 Å². The molecule has 0 fully saturated rings. The number of carbonyl (C=O) groups is 1. The maximum Gasteiger partial charge on any atom is 0.252 e. The van der Waals surface area contributed by atoms with Crippen molar-refractivity contribution in [1.29, 1.82) is 0 Å². The van der Waals surface area contributed by atoms with E-state index in [0.717, 1.165) is 28.6 Å². The van der Waals surface area contributed by atoms with Crippen molar-refractivity contribution >= 4 is 22.8 Å². The van der Waals surface area contributed by atoms with E-state index >= 15 is 0 Å². The zero-order valence-electron chi connectivity index (χ0n) is 14.4. The lowest BCUT2D eigenvalue weighted by molar-refractivity contribution is 0.0955. The lowest BCUT2D eigenvalue weighted by Gasteiger charge is -2.10. The van der Waals surface area contributed by atoms with Gasteiger partial charge in [-0.1, -0.05) is 11.6 Å². The summed E-state index contributed by atoms with van der Waals surface area (Å²) in [6, 6.07) is 9.58. The molecule has 0 aliphatic heterocycles. The highest BCUT2D eigenvalue weighted by molar-refractivity contribution is 6.06. The van der Waals surface area contributed by atoms with E-state index in [-0.39, 0.29) is 5.91 Å². The predicted molar refractivity (Wildman–Crippen MR) is 98.7 cm³/mol. The first-order chi connectivity index (χ1) is 12.1. The smallest absolute Gasteiger partial charge is 0.252 e. The van der Waals surface area contributed by atoms with Crippen LogP contribution in [0.15, 0.2) is 42.7 Å². The SMILES string of the molecule is Cc1ccc2nc(C)cc(C(=O)NCCCNc3ncccn3)c2c1. The maximum atomic E-state index is 12.6. The average Bonchev–Trinajstić information content (AvgIpc) is 2.62. The van der Waals surface area contributed by atoms with Gasteiger partial charge in [0.15, 0.2) is 0 Å². The van der Waals surface area contributed by atoms with E-state index < -0.39 is 0 Å². The molecule has 3 rings (SSSR count). The van der Waals surface area contributed by atoms with Crippen LogP contribution in [-0.4, -0.2) is 33.9 Å². The van der Waals surface area contributed by atoms with Gasteiger partial charge in [-0.25, -0.2) is 9.97 Å². The Balaban J connectivity index is 1.60. The number of fused-ring (bicyclic) bond motifs is 1. The molecule has 0 spiro atoms. The third-order valence-corrected chi connectivity index (χ3v) is 3.82. The van der Waals surface area contributed by atoms with Gasteiger partial charge in [0.25, 0.3) is 5.91 Å². The normalized spacial score (nSPS) is 10.6. The van der Waals surface area contributed by atoms with Gasteiger partial charge in [0.2, 0.25) is 5.95 Å². The lowest BCUT2D eigenvalue weighted by Crippen LogP contribution is -2.26. The molecule has 0 aliphatic carbocycles. The number of anilines is 1. The number of nitrogens with one attached hydrogen (secondary N) is 2. The van der Waals surface area contributed by atoms with E-state index in [0.29, 0.717) is 24.6 Å². The molecule has 25 heavy (non-hydrogen) atoms. The molecule has 2 N–H and O–H groups in total. The number of aryl methyl sites for hydroxylation is 2. The fraction of sp³-hybridized carbons (Fsp3) is 0.263. The second-order valence-corrected chi connectivity index (χ2v) is 5.94. The molecule has 128 valence electrons. The highest BCUT2D eigenvalue weighted by Crippen LogP contribution is 2.20. The predicted octanol–water partition coefficient (Wildman–Crippen LogP) is 2.87. The monoisotopic (exact) mass is 335 g/mol. The van der Waals surface area contributed by atoms with Gasteiger partial charge < -0.3 is 10.6 Å². The Bertz CT molecular complexity index is 880.